The minimum Gasteiger partial charge on any atom is -0.431 e. The van der Waals surface area contributed by atoms with Crippen LogP contribution in [0.4, 0.5) is 0 Å². The quantitative estimate of drug-likeness (QED) is 0.427. The first kappa shape index (κ1) is 17.8. The molecule has 0 saturated heterocycles. The monoisotopic (exact) mass is 347 g/mol. The number of nitrogens with zero attached hydrogens (tertiary/aromatic N) is 1. The van der Waals surface area contributed by atoms with E-state index in [1.54, 1.807) is 0 Å². The van der Waals surface area contributed by atoms with Gasteiger partial charge in [0.05, 0.1) is 6.16 Å². The van der Waals surface area contributed by atoms with Crippen molar-refractivity contribution in [2.45, 2.75) is 33.0 Å². The average Bonchev–Trinajstić information content (AvgIpc) is 2.47. The van der Waals surface area contributed by atoms with Crippen molar-refractivity contribution < 1.29 is 9.05 Å². The lowest BCUT2D eigenvalue weighted by Gasteiger charge is -2.28. The minimum absolute atomic E-state index is 0.820. The topological polar surface area (TPSA) is 30.8 Å². The van der Waals surface area contributed by atoms with Gasteiger partial charge in [0, 0.05) is 0 Å². The van der Waals surface area contributed by atoms with Gasteiger partial charge >= 0.3 is 7.51 Å². The van der Waals surface area contributed by atoms with Gasteiger partial charge in [0.1, 0.15) is 11.5 Å². The van der Waals surface area contributed by atoms with E-state index in [-0.39, 0.29) is 0 Å². The van der Waals surface area contributed by atoms with E-state index in [0.717, 1.165) is 24.1 Å². The molecule has 3 nitrogen and oxygen atoms in total. The largest absolute Gasteiger partial charge is 0.431 e. The van der Waals surface area contributed by atoms with Crippen LogP contribution in [-0.2, 0) is 0 Å². The Labute approximate surface area is 141 Å². The van der Waals surface area contributed by atoms with Crippen molar-refractivity contribution in [2.24, 2.45) is 4.41 Å². The van der Waals surface area contributed by atoms with E-state index in [1.807, 2.05) is 60.7 Å². The lowest BCUT2D eigenvalue weighted by Crippen LogP contribution is -2.19. The molecule has 0 saturated carbocycles. The highest BCUT2D eigenvalue weighted by molar-refractivity contribution is 7.58. The molecule has 0 aliphatic rings. The molecule has 0 bridgehead atoms. The first-order valence-electron chi connectivity index (χ1n) is 8.04. The molecule has 0 aromatic heterocycles. The standard InChI is InChI=1S/C18H26NO2PSi/c1-5-16-22(19-23(2,3)4,20-17-12-8-6-9-13-17)21-18-14-10-7-11-15-18/h6-15H,5,16H2,1-4H3. The van der Waals surface area contributed by atoms with Crippen molar-refractivity contribution in [1.29, 1.82) is 0 Å². The van der Waals surface area contributed by atoms with Crippen molar-refractivity contribution in [1.82, 2.24) is 0 Å². The Bertz CT molecular complexity index is 608. The summed E-state index contributed by atoms with van der Waals surface area (Å²) < 4.78 is 17.9. The van der Waals surface area contributed by atoms with Crippen molar-refractivity contribution in [2.75, 3.05) is 6.16 Å². The molecule has 0 spiro atoms. The molecule has 0 aliphatic heterocycles. The lowest BCUT2D eigenvalue weighted by atomic mass is 10.3. The predicted molar refractivity (Wildman–Crippen MR) is 102 cm³/mol. The molecule has 124 valence electrons. The van der Waals surface area contributed by atoms with Crippen LogP contribution in [0.5, 0.6) is 11.5 Å². The number of para-hydroxylation sites is 2. The Morgan fingerprint density at radius 3 is 1.61 bits per heavy atom. The second-order valence-electron chi connectivity index (χ2n) is 6.44. The smallest absolute Gasteiger partial charge is 0.305 e. The molecular formula is C18H26NO2PSi. The first-order chi connectivity index (χ1) is 10.9. The lowest BCUT2D eigenvalue weighted by molar-refractivity contribution is 0.474. The summed E-state index contributed by atoms with van der Waals surface area (Å²) in [5.41, 5.74) is 0. The van der Waals surface area contributed by atoms with Crippen LogP contribution in [0.25, 0.3) is 0 Å². The molecule has 5 heteroatoms. The maximum absolute atomic E-state index is 6.38. The van der Waals surface area contributed by atoms with E-state index in [1.165, 1.54) is 0 Å². The number of hydrogen-bond acceptors (Lipinski definition) is 3. The molecule has 0 aliphatic carbocycles. The highest BCUT2D eigenvalue weighted by Crippen LogP contribution is 2.53. The van der Waals surface area contributed by atoms with Gasteiger partial charge in [-0.25, -0.2) is 0 Å². The molecule has 2 rings (SSSR count). The molecule has 0 amide bonds. The van der Waals surface area contributed by atoms with Crippen LogP contribution in [0, 0.1) is 0 Å². The molecule has 0 fully saturated rings. The van der Waals surface area contributed by atoms with Crippen LogP contribution in [-0.4, -0.2) is 14.4 Å². The molecule has 0 N–H and O–H groups in total. The number of hydrogen-bond donors (Lipinski definition) is 0. The number of rotatable bonds is 7. The highest BCUT2D eigenvalue weighted by atomic mass is 31.2. The zero-order chi connectivity index (χ0) is 16.8. The SMILES string of the molecule is CCCP(=N[Si](C)(C)C)(Oc1ccccc1)Oc1ccccc1. The third-order valence-corrected chi connectivity index (χ3v) is 8.56. The van der Waals surface area contributed by atoms with Crippen molar-refractivity contribution in [3.63, 3.8) is 0 Å². The van der Waals surface area contributed by atoms with E-state index >= 15 is 0 Å². The van der Waals surface area contributed by atoms with Crippen LogP contribution in [0.3, 0.4) is 0 Å². The fourth-order valence-electron chi connectivity index (χ4n) is 2.23. The zero-order valence-electron chi connectivity index (χ0n) is 14.4. The molecule has 0 atom stereocenters. The van der Waals surface area contributed by atoms with Crippen LogP contribution in [0.2, 0.25) is 19.6 Å². The van der Waals surface area contributed by atoms with Gasteiger partial charge in [-0.2, -0.15) is 0 Å². The molecule has 0 heterocycles. The molecule has 23 heavy (non-hydrogen) atoms. The van der Waals surface area contributed by atoms with Crippen LogP contribution >= 0.6 is 7.51 Å². The van der Waals surface area contributed by atoms with Crippen LogP contribution in [0.1, 0.15) is 13.3 Å². The van der Waals surface area contributed by atoms with Gasteiger partial charge in [-0.05, 0) is 50.3 Å². The summed E-state index contributed by atoms with van der Waals surface area (Å²) >= 11 is 0. The van der Waals surface area contributed by atoms with Gasteiger partial charge in [0.15, 0.2) is 8.24 Å². The highest BCUT2D eigenvalue weighted by Gasteiger charge is 2.28. The second-order valence-corrected chi connectivity index (χ2v) is 13.7. The second kappa shape index (κ2) is 7.85. The third-order valence-electron chi connectivity index (χ3n) is 2.94. The van der Waals surface area contributed by atoms with E-state index in [0.29, 0.717) is 0 Å². The van der Waals surface area contributed by atoms with E-state index in [4.69, 9.17) is 13.5 Å². The maximum atomic E-state index is 6.38. The molecular weight excluding hydrogens is 321 g/mol. The van der Waals surface area contributed by atoms with Crippen LogP contribution in [0.15, 0.2) is 65.1 Å². The fraction of sp³-hybridized carbons (Fsp3) is 0.333. The summed E-state index contributed by atoms with van der Waals surface area (Å²) in [6, 6.07) is 19.8. The Kier molecular flexibility index (Phi) is 6.08. The summed E-state index contributed by atoms with van der Waals surface area (Å²) in [7, 11) is -4.09. The maximum Gasteiger partial charge on any atom is 0.305 e. The molecule has 2 aromatic carbocycles. The molecule has 0 unspecified atom stereocenters. The van der Waals surface area contributed by atoms with Gasteiger partial charge in [0.2, 0.25) is 0 Å². The van der Waals surface area contributed by atoms with Crippen molar-refractivity contribution in [3.05, 3.63) is 60.7 Å². The summed E-state index contributed by atoms with van der Waals surface area (Å²) in [5, 5.41) is 0. The van der Waals surface area contributed by atoms with Crippen molar-refractivity contribution in [3.8, 4) is 11.5 Å². The summed E-state index contributed by atoms with van der Waals surface area (Å²) in [4.78, 5) is 0. The Morgan fingerprint density at radius 2 is 1.26 bits per heavy atom. The summed E-state index contributed by atoms with van der Waals surface area (Å²) in [5.74, 6) is 1.65. The summed E-state index contributed by atoms with van der Waals surface area (Å²) in [6.07, 6.45) is 1.79. The molecule has 2 aromatic rings. The Hall–Kier alpha value is -1.51. The zero-order valence-corrected chi connectivity index (χ0v) is 16.3. The van der Waals surface area contributed by atoms with Crippen molar-refractivity contribution >= 4 is 15.7 Å². The number of benzene rings is 2. The van der Waals surface area contributed by atoms with Gasteiger partial charge in [-0.1, -0.05) is 43.3 Å². The Balaban J connectivity index is 2.44. The van der Waals surface area contributed by atoms with Gasteiger partial charge in [-0.3, -0.25) is 4.41 Å². The predicted octanol–water partition coefficient (Wildman–Crippen LogP) is 6.42. The van der Waals surface area contributed by atoms with Gasteiger partial charge < -0.3 is 9.05 Å². The third kappa shape index (κ3) is 5.89. The van der Waals surface area contributed by atoms with E-state index < -0.39 is 15.7 Å². The first-order valence-corrected chi connectivity index (χ1v) is 13.3. The van der Waals surface area contributed by atoms with E-state index in [9.17, 15) is 0 Å². The van der Waals surface area contributed by atoms with Gasteiger partial charge in [-0.15, -0.1) is 0 Å². The van der Waals surface area contributed by atoms with E-state index in [2.05, 4.69) is 26.6 Å². The average molecular weight is 347 g/mol. The van der Waals surface area contributed by atoms with Crippen LogP contribution < -0.4 is 9.05 Å². The Morgan fingerprint density at radius 1 is 0.826 bits per heavy atom. The van der Waals surface area contributed by atoms with Gasteiger partial charge in [0.25, 0.3) is 0 Å². The minimum atomic E-state index is -2.37. The normalized spacial score (nSPS) is 11.8. The fourth-order valence-corrected chi connectivity index (χ4v) is 8.30. The molecule has 0 radical (unpaired) electrons. The summed E-state index contributed by atoms with van der Waals surface area (Å²) in [6.45, 7) is 8.82.